The molecule has 1 N–H and O–H groups in total. The summed E-state index contributed by atoms with van der Waals surface area (Å²) >= 11 is 0. The molecule has 0 spiro atoms. The second-order valence-electron chi connectivity index (χ2n) is 3.92. The van der Waals surface area contributed by atoms with Crippen molar-refractivity contribution in [3.8, 4) is 0 Å². The maximum atomic E-state index is 11.7. The van der Waals surface area contributed by atoms with Crippen molar-refractivity contribution in [2.24, 2.45) is 0 Å². The van der Waals surface area contributed by atoms with E-state index in [1.165, 1.54) is 13.0 Å². The van der Waals surface area contributed by atoms with Crippen molar-refractivity contribution in [1.29, 1.82) is 0 Å². The number of amides is 1. The quantitative estimate of drug-likeness (QED) is 0.613. The van der Waals surface area contributed by atoms with Crippen LogP contribution in [0.4, 0.5) is 5.69 Å². The van der Waals surface area contributed by atoms with E-state index < -0.39 is 10.5 Å². The Hall–Kier alpha value is -2.18. The minimum Gasteiger partial charge on any atom is -0.355 e. The lowest BCUT2D eigenvalue weighted by atomic mass is 10.3. The number of pyridine rings is 1. The molecule has 0 saturated carbocycles. The maximum Gasteiger partial charge on any atom is 0.286 e. The predicted octanol–water partition coefficient (Wildman–Crippen LogP) is 0.591. The molecule has 0 radical (unpaired) electrons. The molecule has 1 amide bonds. The van der Waals surface area contributed by atoms with Crippen molar-refractivity contribution in [2.45, 2.75) is 26.8 Å². The summed E-state index contributed by atoms with van der Waals surface area (Å²) in [6, 6.07) is 1.20. The number of rotatable bonds is 5. The Kier molecular flexibility index (Phi) is 4.59. The lowest BCUT2D eigenvalue weighted by Crippen LogP contribution is -2.33. The van der Waals surface area contributed by atoms with Crippen molar-refractivity contribution in [3.63, 3.8) is 0 Å². The molecule has 98 valence electrons. The highest BCUT2D eigenvalue weighted by Gasteiger charge is 2.13. The summed E-state index contributed by atoms with van der Waals surface area (Å²) in [4.78, 5) is 33.3. The molecule has 1 aromatic heterocycles. The summed E-state index contributed by atoms with van der Waals surface area (Å²) in [6.07, 6.45) is 1.87. The Morgan fingerprint density at radius 2 is 2.22 bits per heavy atom. The molecule has 1 rings (SSSR count). The third-order valence-corrected chi connectivity index (χ3v) is 2.35. The summed E-state index contributed by atoms with van der Waals surface area (Å²) in [5.41, 5.74) is -0.352. The van der Waals surface area contributed by atoms with Crippen LogP contribution in [0.5, 0.6) is 0 Å². The van der Waals surface area contributed by atoms with Crippen LogP contribution >= 0.6 is 0 Å². The van der Waals surface area contributed by atoms with Crippen molar-refractivity contribution < 1.29 is 9.72 Å². The molecule has 0 fully saturated rings. The summed E-state index contributed by atoms with van der Waals surface area (Å²) in [7, 11) is 0. The van der Waals surface area contributed by atoms with Crippen LogP contribution in [-0.2, 0) is 11.3 Å². The Bertz CT molecular complexity index is 522. The number of nitro groups is 1. The third-order valence-electron chi connectivity index (χ3n) is 2.35. The zero-order valence-electron chi connectivity index (χ0n) is 10.3. The summed E-state index contributed by atoms with van der Waals surface area (Å²) < 4.78 is 1.05. The number of hydrogen-bond acceptors (Lipinski definition) is 4. The number of aryl methyl sites for hydroxylation is 1. The smallest absolute Gasteiger partial charge is 0.286 e. The van der Waals surface area contributed by atoms with Gasteiger partial charge in [-0.15, -0.1) is 0 Å². The molecule has 0 bridgehead atoms. The third kappa shape index (κ3) is 3.41. The van der Waals surface area contributed by atoms with E-state index in [1.54, 1.807) is 0 Å². The highest BCUT2D eigenvalue weighted by Crippen LogP contribution is 2.09. The second-order valence-corrected chi connectivity index (χ2v) is 3.92. The molecule has 7 heteroatoms. The van der Waals surface area contributed by atoms with Gasteiger partial charge in [0.25, 0.3) is 11.2 Å². The molecular formula is C11H15N3O4. The molecule has 18 heavy (non-hydrogen) atoms. The van der Waals surface area contributed by atoms with Gasteiger partial charge < -0.3 is 5.32 Å². The average Bonchev–Trinajstić information content (AvgIpc) is 2.31. The maximum absolute atomic E-state index is 11.7. The van der Waals surface area contributed by atoms with Crippen LogP contribution < -0.4 is 10.9 Å². The fourth-order valence-corrected chi connectivity index (χ4v) is 1.46. The Morgan fingerprint density at radius 1 is 1.56 bits per heavy atom. The van der Waals surface area contributed by atoms with Gasteiger partial charge in [0.05, 0.1) is 11.1 Å². The summed E-state index contributed by atoms with van der Waals surface area (Å²) in [5, 5.41) is 13.3. The van der Waals surface area contributed by atoms with Gasteiger partial charge in [0, 0.05) is 18.2 Å². The van der Waals surface area contributed by atoms with E-state index in [2.05, 4.69) is 5.32 Å². The molecule has 0 aliphatic rings. The monoisotopic (exact) mass is 253 g/mol. The number of hydrogen-bond donors (Lipinski definition) is 1. The van der Waals surface area contributed by atoms with E-state index in [4.69, 9.17) is 0 Å². The largest absolute Gasteiger partial charge is 0.355 e. The van der Waals surface area contributed by atoms with E-state index >= 15 is 0 Å². The first kappa shape index (κ1) is 13.9. The first-order chi connectivity index (χ1) is 8.45. The standard InChI is InChI=1S/C11H15N3O4/c1-3-4-12-10(15)7-13-6-9(14(17)18)5-8(2)11(13)16/h5-6H,3-4,7H2,1-2H3,(H,12,15). The van der Waals surface area contributed by atoms with Gasteiger partial charge in [0.1, 0.15) is 6.54 Å². The topological polar surface area (TPSA) is 94.2 Å². The van der Waals surface area contributed by atoms with Gasteiger partial charge in [0.2, 0.25) is 5.91 Å². The molecule has 1 aromatic rings. The van der Waals surface area contributed by atoms with Gasteiger partial charge in [0.15, 0.2) is 0 Å². The Morgan fingerprint density at radius 3 is 2.78 bits per heavy atom. The molecule has 0 unspecified atom stereocenters. The second kappa shape index (κ2) is 5.95. The highest BCUT2D eigenvalue weighted by molar-refractivity contribution is 5.75. The van der Waals surface area contributed by atoms with E-state index in [-0.39, 0.29) is 23.7 Å². The summed E-state index contributed by atoms with van der Waals surface area (Å²) in [5.74, 6) is -0.334. The van der Waals surface area contributed by atoms with Crippen LogP contribution in [0.1, 0.15) is 18.9 Å². The first-order valence-electron chi connectivity index (χ1n) is 5.58. The first-order valence-corrected chi connectivity index (χ1v) is 5.58. The lowest BCUT2D eigenvalue weighted by molar-refractivity contribution is -0.385. The molecule has 1 heterocycles. The predicted molar refractivity (Wildman–Crippen MR) is 65.4 cm³/mol. The van der Waals surface area contributed by atoms with Crippen LogP contribution in [0.25, 0.3) is 0 Å². The molecular weight excluding hydrogens is 238 g/mol. The van der Waals surface area contributed by atoms with Crippen LogP contribution in [0.3, 0.4) is 0 Å². The molecule has 0 aromatic carbocycles. The molecule has 0 saturated heterocycles. The Labute approximate surface area is 104 Å². The number of carbonyl (C=O) groups excluding carboxylic acids is 1. The Balaban J connectivity index is 2.98. The number of carbonyl (C=O) groups is 1. The van der Waals surface area contributed by atoms with Crippen molar-refractivity contribution in [2.75, 3.05) is 6.54 Å². The molecule has 7 nitrogen and oxygen atoms in total. The number of nitrogens with one attached hydrogen (secondary N) is 1. The van der Waals surface area contributed by atoms with Gasteiger partial charge in [-0.05, 0) is 13.3 Å². The fourth-order valence-electron chi connectivity index (χ4n) is 1.46. The minimum atomic E-state index is -0.590. The van der Waals surface area contributed by atoms with Crippen LogP contribution in [0, 0.1) is 17.0 Å². The fraction of sp³-hybridized carbons (Fsp3) is 0.455. The average molecular weight is 253 g/mol. The van der Waals surface area contributed by atoms with Gasteiger partial charge in [-0.3, -0.25) is 24.3 Å². The lowest BCUT2D eigenvalue weighted by Gasteiger charge is -2.07. The highest BCUT2D eigenvalue weighted by atomic mass is 16.6. The van der Waals surface area contributed by atoms with E-state index in [0.29, 0.717) is 6.54 Å². The molecule has 0 aliphatic heterocycles. The minimum absolute atomic E-state index is 0.199. The van der Waals surface area contributed by atoms with Crippen LogP contribution in [-0.4, -0.2) is 21.9 Å². The number of aromatic nitrogens is 1. The zero-order valence-corrected chi connectivity index (χ0v) is 10.3. The normalized spacial score (nSPS) is 10.1. The van der Waals surface area contributed by atoms with E-state index in [9.17, 15) is 19.7 Å². The molecule has 0 atom stereocenters. The SMILES string of the molecule is CCCNC(=O)Cn1cc([N+](=O)[O-])cc(C)c1=O. The van der Waals surface area contributed by atoms with Gasteiger partial charge in [-0.1, -0.05) is 6.92 Å². The van der Waals surface area contributed by atoms with Crippen molar-refractivity contribution >= 4 is 11.6 Å². The van der Waals surface area contributed by atoms with E-state index in [1.807, 2.05) is 6.92 Å². The van der Waals surface area contributed by atoms with Crippen LogP contribution in [0.15, 0.2) is 17.1 Å². The van der Waals surface area contributed by atoms with Crippen LogP contribution in [0.2, 0.25) is 0 Å². The number of nitrogens with zero attached hydrogens (tertiary/aromatic N) is 2. The van der Waals surface area contributed by atoms with E-state index in [0.717, 1.165) is 17.2 Å². The van der Waals surface area contributed by atoms with Gasteiger partial charge in [-0.25, -0.2) is 0 Å². The molecule has 0 aliphatic carbocycles. The van der Waals surface area contributed by atoms with Crippen molar-refractivity contribution in [1.82, 2.24) is 9.88 Å². The van der Waals surface area contributed by atoms with Gasteiger partial charge in [-0.2, -0.15) is 0 Å². The van der Waals surface area contributed by atoms with Crippen molar-refractivity contribution in [3.05, 3.63) is 38.3 Å². The van der Waals surface area contributed by atoms with Gasteiger partial charge >= 0.3 is 0 Å². The summed E-state index contributed by atoms with van der Waals surface area (Å²) in [6.45, 7) is 3.70. The zero-order chi connectivity index (χ0) is 13.7.